The number of nitrogens with zero attached hydrogens (tertiary/aromatic N) is 4. The molecule has 114 valence electrons. The van der Waals surface area contributed by atoms with Crippen LogP contribution >= 0.6 is 12.8 Å². The van der Waals surface area contributed by atoms with E-state index in [1.54, 1.807) is 0 Å². The third kappa shape index (κ3) is 2.33. The third-order valence-corrected chi connectivity index (χ3v) is 5.04. The summed E-state index contributed by atoms with van der Waals surface area (Å²) < 4.78 is 3.64. The van der Waals surface area contributed by atoms with E-state index >= 15 is 0 Å². The van der Waals surface area contributed by atoms with Gasteiger partial charge in [-0.25, -0.2) is 4.98 Å². The van der Waals surface area contributed by atoms with Gasteiger partial charge in [-0.1, -0.05) is 32.1 Å². The Labute approximate surface area is 135 Å². The van der Waals surface area contributed by atoms with E-state index < -0.39 is 0 Å². The van der Waals surface area contributed by atoms with Gasteiger partial charge in [0.25, 0.3) is 0 Å². The normalized spacial score (nSPS) is 16.5. The Morgan fingerprint density at radius 2 is 1.95 bits per heavy atom. The van der Waals surface area contributed by atoms with Crippen LogP contribution < -0.4 is 0 Å². The smallest absolute Gasteiger partial charge is 0.150 e. The first-order valence-electron chi connectivity index (χ1n) is 7.91. The lowest BCUT2D eigenvalue weighted by Gasteiger charge is -2.21. The van der Waals surface area contributed by atoms with Gasteiger partial charge in [0.2, 0.25) is 0 Å². The van der Waals surface area contributed by atoms with Crippen LogP contribution in [-0.4, -0.2) is 18.7 Å². The van der Waals surface area contributed by atoms with Crippen LogP contribution in [0.2, 0.25) is 0 Å². The molecular weight excluding hydrogens is 292 g/mol. The summed E-state index contributed by atoms with van der Waals surface area (Å²) in [5, 5.41) is 5.46. The molecule has 4 nitrogen and oxygen atoms in total. The first-order chi connectivity index (χ1) is 10.7. The van der Waals surface area contributed by atoms with E-state index in [-0.39, 0.29) is 0 Å². The van der Waals surface area contributed by atoms with Crippen molar-refractivity contribution in [2.24, 2.45) is 7.05 Å². The molecule has 4 rings (SSSR count). The van der Waals surface area contributed by atoms with Crippen LogP contribution in [0.5, 0.6) is 0 Å². The number of fused-ring (bicyclic) bond motifs is 1. The fraction of sp³-hybridized carbons (Fsp3) is 0.412. The van der Waals surface area contributed by atoms with Gasteiger partial charge in [-0.3, -0.25) is 8.65 Å². The number of rotatable bonds is 2. The minimum Gasteiger partial charge on any atom is -0.277 e. The third-order valence-electron chi connectivity index (χ3n) is 4.74. The molecule has 1 aliphatic carbocycles. The zero-order valence-electron chi connectivity index (χ0n) is 12.7. The summed E-state index contributed by atoms with van der Waals surface area (Å²) in [6, 6.07) is 2.31. The first-order valence-corrected chi connectivity index (χ1v) is 8.31. The quantitative estimate of drug-likeness (QED) is 0.721. The number of thiol groups is 1. The Bertz CT molecular complexity index is 811. The molecule has 1 saturated carbocycles. The van der Waals surface area contributed by atoms with Crippen molar-refractivity contribution in [3.63, 3.8) is 0 Å². The van der Waals surface area contributed by atoms with Gasteiger partial charge in [0, 0.05) is 42.2 Å². The molecule has 1 aliphatic rings. The second-order valence-electron chi connectivity index (χ2n) is 6.26. The van der Waals surface area contributed by atoms with Gasteiger partial charge in [0.1, 0.15) is 5.65 Å². The zero-order chi connectivity index (χ0) is 15.1. The minimum atomic E-state index is 0.663. The maximum absolute atomic E-state index is 4.67. The van der Waals surface area contributed by atoms with Crippen molar-refractivity contribution in [2.45, 2.75) is 38.0 Å². The summed E-state index contributed by atoms with van der Waals surface area (Å²) in [4.78, 5) is 4.67. The van der Waals surface area contributed by atoms with Gasteiger partial charge < -0.3 is 0 Å². The van der Waals surface area contributed by atoms with E-state index in [1.807, 2.05) is 40.5 Å². The number of aryl methyl sites for hydroxylation is 1. The van der Waals surface area contributed by atoms with Crippen molar-refractivity contribution in [3.8, 4) is 11.1 Å². The van der Waals surface area contributed by atoms with Crippen molar-refractivity contribution in [1.29, 1.82) is 0 Å². The van der Waals surface area contributed by atoms with Gasteiger partial charge in [-0.2, -0.15) is 5.10 Å². The molecular formula is C17H20N4S. The molecule has 0 amide bonds. The van der Waals surface area contributed by atoms with Crippen molar-refractivity contribution in [1.82, 2.24) is 18.7 Å². The second-order valence-corrected chi connectivity index (χ2v) is 6.70. The molecule has 0 spiro atoms. The highest BCUT2D eigenvalue weighted by molar-refractivity contribution is 7.78. The Hall–Kier alpha value is -1.75. The van der Waals surface area contributed by atoms with Crippen molar-refractivity contribution in [3.05, 3.63) is 36.4 Å². The Morgan fingerprint density at radius 3 is 2.68 bits per heavy atom. The van der Waals surface area contributed by atoms with Gasteiger partial charge in [0.05, 0.1) is 6.20 Å². The molecule has 1 fully saturated rings. The fourth-order valence-electron chi connectivity index (χ4n) is 3.56. The maximum Gasteiger partial charge on any atom is 0.150 e. The van der Waals surface area contributed by atoms with Gasteiger partial charge in [0.15, 0.2) is 0 Å². The number of hydrogen-bond acceptors (Lipinski definition) is 3. The van der Waals surface area contributed by atoms with E-state index in [2.05, 4.69) is 29.0 Å². The SMILES string of the molecule is Cn1cc(-c2cn(S)c3ncc(C4CCCCC4)cc23)cn1. The summed E-state index contributed by atoms with van der Waals surface area (Å²) >= 11 is 4.52. The Balaban J connectivity index is 1.83. The summed E-state index contributed by atoms with van der Waals surface area (Å²) in [5.74, 6) is 0.663. The average Bonchev–Trinajstić information content (AvgIpc) is 3.12. The molecule has 0 aliphatic heterocycles. The van der Waals surface area contributed by atoms with Crippen LogP contribution in [0.1, 0.15) is 43.6 Å². The Kier molecular flexibility index (Phi) is 3.45. The highest BCUT2D eigenvalue weighted by atomic mass is 32.1. The van der Waals surface area contributed by atoms with Crippen molar-refractivity contribution < 1.29 is 0 Å². The molecule has 0 N–H and O–H groups in total. The number of hydrogen-bond donors (Lipinski definition) is 1. The van der Waals surface area contributed by atoms with E-state index in [0.717, 1.165) is 16.8 Å². The predicted octanol–water partition coefficient (Wildman–Crippen LogP) is 4.18. The highest BCUT2D eigenvalue weighted by Crippen LogP contribution is 2.36. The van der Waals surface area contributed by atoms with Crippen LogP contribution in [0, 0.1) is 0 Å². The predicted molar refractivity (Wildman–Crippen MR) is 92.1 cm³/mol. The molecule has 3 aromatic rings. The molecule has 3 heterocycles. The Morgan fingerprint density at radius 1 is 1.14 bits per heavy atom. The van der Waals surface area contributed by atoms with E-state index in [1.165, 1.54) is 43.1 Å². The van der Waals surface area contributed by atoms with Gasteiger partial charge in [-0.05, 0) is 30.4 Å². The molecule has 3 aromatic heterocycles. The molecule has 0 radical (unpaired) electrons. The number of aromatic nitrogens is 4. The van der Waals surface area contributed by atoms with Crippen molar-refractivity contribution in [2.75, 3.05) is 0 Å². The van der Waals surface area contributed by atoms with E-state index in [9.17, 15) is 0 Å². The molecule has 0 aromatic carbocycles. The lowest BCUT2D eigenvalue weighted by molar-refractivity contribution is 0.443. The monoisotopic (exact) mass is 312 g/mol. The molecule has 5 heteroatoms. The van der Waals surface area contributed by atoms with Crippen LogP contribution in [0.3, 0.4) is 0 Å². The fourth-order valence-corrected chi connectivity index (χ4v) is 3.83. The second kappa shape index (κ2) is 5.47. The van der Waals surface area contributed by atoms with E-state index in [4.69, 9.17) is 0 Å². The van der Waals surface area contributed by atoms with Crippen LogP contribution in [-0.2, 0) is 7.05 Å². The van der Waals surface area contributed by atoms with E-state index in [0.29, 0.717) is 5.92 Å². The van der Waals surface area contributed by atoms with Crippen LogP contribution in [0.15, 0.2) is 30.9 Å². The van der Waals surface area contributed by atoms with Crippen molar-refractivity contribution >= 4 is 23.8 Å². The summed E-state index contributed by atoms with van der Waals surface area (Å²) in [6.45, 7) is 0. The van der Waals surface area contributed by atoms with Gasteiger partial charge in [-0.15, -0.1) is 0 Å². The summed E-state index contributed by atoms with van der Waals surface area (Å²) in [6.07, 6.45) is 14.6. The highest BCUT2D eigenvalue weighted by Gasteiger charge is 2.18. The maximum atomic E-state index is 4.67. The molecule has 22 heavy (non-hydrogen) atoms. The molecule has 0 atom stereocenters. The molecule has 0 bridgehead atoms. The van der Waals surface area contributed by atoms with Crippen LogP contribution in [0.25, 0.3) is 22.2 Å². The van der Waals surface area contributed by atoms with Crippen LogP contribution in [0.4, 0.5) is 0 Å². The zero-order valence-corrected chi connectivity index (χ0v) is 13.6. The largest absolute Gasteiger partial charge is 0.277 e. The summed E-state index contributed by atoms with van der Waals surface area (Å²) in [5.41, 5.74) is 4.56. The molecule has 0 saturated heterocycles. The van der Waals surface area contributed by atoms with Gasteiger partial charge >= 0.3 is 0 Å². The molecule has 0 unspecified atom stereocenters. The average molecular weight is 312 g/mol. The number of pyridine rings is 1. The topological polar surface area (TPSA) is 35.6 Å². The summed E-state index contributed by atoms with van der Waals surface area (Å²) in [7, 11) is 1.94. The first kappa shape index (κ1) is 13.9. The lowest BCUT2D eigenvalue weighted by atomic mass is 9.84. The lowest BCUT2D eigenvalue weighted by Crippen LogP contribution is -2.04. The standard InChI is InChI=1S/C17H20N4S/c1-20-10-14(9-19-20)16-11-21(22)17-15(16)7-13(8-18-17)12-5-3-2-4-6-12/h7-12,22H,2-6H2,1H3. The minimum absolute atomic E-state index is 0.663.